The van der Waals surface area contributed by atoms with E-state index >= 15 is 0 Å². The lowest BCUT2D eigenvalue weighted by Crippen LogP contribution is -2.64. The van der Waals surface area contributed by atoms with E-state index in [1.54, 1.807) is 0 Å². The van der Waals surface area contributed by atoms with Gasteiger partial charge in [0.2, 0.25) is 11.8 Å². The second-order valence-electron chi connectivity index (χ2n) is 7.76. The minimum atomic E-state index is -5.29. The van der Waals surface area contributed by atoms with Gasteiger partial charge in [0, 0.05) is 19.3 Å². The molecule has 0 spiro atoms. The van der Waals surface area contributed by atoms with E-state index in [2.05, 4.69) is 5.32 Å². The lowest BCUT2D eigenvalue weighted by atomic mass is 9.64. The van der Waals surface area contributed by atoms with Crippen molar-refractivity contribution in [3.8, 4) is 0 Å². The number of carbonyl (C=O) groups excluding carboxylic acids is 2. The second-order valence-corrected chi connectivity index (χ2v) is 7.76. The van der Waals surface area contributed by atoms with Gasteiger partial charge in [0.05, 0.1) is 6.54 Å². The number of hydrogen-bond donors (Lipinski definition) is 2. The smallest absolute Gasteiger partial charge is 0.403 e. The van der Waals surface area contributed by atoms with E-state index in [-0.39, 0.29) is 5.92 Å². The Balaban J connectivity index is 1.80. The van der Waals surface area contributed by atoms with Gasteiger partial charge in [-0.3, -0.25) is 9.59 Å². The Hall–Kier alpha value is -2.01. The topological polar surface area (TPSA) is 86.7 Å². The van der Waals surface area contributed by atoms with Crippen molar-refractivity contribution in [2.24, 2.45) is 11.3 Å². The maximum absolute atomic E-state index is 13.9. The zero-order chi connectivity index (χ0) is 21.1. The zero-order valence-electron chi connectivity index (χ0n) is 14.4. The highest BCUT2D eigenvalue weighted by Gasteiger charge is 2.75. The highest BCUT2D eigenvalue weighted by Crippen LogP contribution is 2.61. The number of alkyl halides is 6. The standard InChI is InChI=1S/C16H18F6N2O4/c17-8-3-9(11(25)23-10(12(26)27)7-1-2-7)24(4-8)13(28)14(16(20,21)22)5-15(18,19)6-14/h7-10H,1-6H2,(H,23,25)(H,26,27)/t8-,9+,10+/m1/s1. The quantitative estimate of drug-likeness (QED) is 0.671. The fraction of sp³-hybridized carbons (Fsp3) is 0.812. The number of nitrogens with one attached hydrogen (secondary N) is 1. The molecule has 3 aliphatic rings. The molecule has 0 aromatic carbocycles. The number of nitrogens with zero attached hydrogens (tertiary/aromatic N) is 1. The molecule has 12 heteroatoms. The Bertz CT molecular complexity index is 685. The lowest BCUT2D eigenvalue weighted by Gasteiger charge is -2.48. The third-order valence-electron chi connectivity index (χ3n) is 5.54. The number of hydrogen-bond acceptors (Lipinski definition) is 3. The first kappa shape index (κ1) is 20.7. The van der Waals surface area contributed by atoms with Crippen LogP contribution in [0, 0.1) is 11.3 Å². The van der Waals surface area contributed by atoms with E-state index in [1.165, 1.54) is 0 Å². The van der Waals surface area contributed by atoms with E-state index in [0.717, 1.165) is 0 Å². The minimum Gasteiger partial charge on any atom is -0.480 e. The molecule has 3 atom stereocenters. The van der Waals surface area contributed by atoms with Crippen LogP contribution in [-0.2, 0) is 14.4 Å². The van der Waals surface area contributed by atoms with Gasteiger partial charge < -0.3 is 15.3 Å². The molecule has 1 saturated heterocycles. The molecule has 0 aromatic heterocycles. The Morgan fingerprint density at radius 1 is 1.14 bits per heavy atom. The number of carboxylic acids is 1. The number of rotatable bonds is 5. The largest absolute Gasteiger partial charge is 0.480 e. The summed E-state index contributed by atoms with van der Waals surface area (Å²) < 4.78 is 80.5. The summed E-state index contributed by atoms with van der Waals surface area (Å²) >= 11 is 0. The van der Waals surface area contributed by atoms with Crippen LogP contribution in [0.5, 0.6) is 0 Å². The predicted octanol–water partition coefficient (Wildman–Crippen LogP) is 1.88. The minimum absolute atomic E-state index is 0.328. The average Bonchev–Trinajstić information content (AvgIpc) is 3.28. The molecular formula is C16H18F6N2O4. The third kappa shape index (κ3) is 3.52. The summed E-state index contributed by atoms with van der Waals surface area (Å²) in [5.41, 5.74) is -3.37. The first-order valence-corrected chi connectivity index (χ1v) is 8.70. The van der Waals surface area contributed by atoms with Gasteiger partial charge in [0.25, 0.3) is 5.92 Å². The maximum Gasteiger partial charge on any atom is 0.403 e. The monoisotopic (exact) mass is 416 g/mol. The van der Waals surface area contributed by atoms with Crippen molar-refractivity contribution in [3.05, 3.63) is 0 Å². The highest BCUT2D eigenvalue weighted by molar-refractivity contribution is 5.93. The van der Waals surface area contributed by atoms with E-state index in [1.807, 2.05) is 0 Å². The molecule has 158 valence electrons. The van der Waals surface area contributed by atoms with Gasteiger partial charge in [-0.2, -0.15) is 13.2 Å². The normalized spacial score (nSPS) is 29.7. The van der Waals surface area contributed by atoms with Crippen molar-refractivity contribution >= 4 is 17.8 Å². The molecule has 3 fully saturated rings. The average molecular weight is 416 g/mol. The lowest BCUT2D eigenvalue weighted by molar-refractivity contribution is -0.299. The molecule has 28 heavy (non-hydrogen) atoms. The summed E-state index contributed by atoms with van der Waals surface area (Å²) in [6.45, 7) is -0.846. The molecule has 2 aliphatic carbocycles. The maximum atomic E-state index is 13.9. The zero-order valence-corrected chi connectivity index (χ0v) is 14.4. The highest BCUT2D eigenvalue weighted by atomic mass is 19.4. The molecule has 3 rings (SSSR count). The molecule has 2 amide bonds. The summed E-state index contributed by atoms with van der Waals surface area (Å²) in [4.78, 5) is 36.5. The summed E-state index contributed by atoms with van der Waals surface area (Å²) in [7, 11) is 0. The summed E-state index contributed by atoms with van der Waals surface area (Å²) in [5.74, 6) is -8.26. The van der Waals surface area contributed by atoms with Crippen molar-refractivity contribution < 1.29 is 45.8 Å². The number of carboxylic acid groups (broad SMARTS) is 1. The van der Waals surface area contributed by atoms with Crippen molar-refractivity contribution in [2.75, 3.05) is 6.54 Å². The van der Waals surface area contributed by atoms with E-state index in [4.69, 9.17) is 5.11 Å². The number of likely N-dealkylation sites (tertiary alicyclic amines) is 1. The van der Waals surface area contributed by atoms with Gasteiger partial charge in [0.1, 0.15) is 18.3 Å². The molecule has 2 saturated carbocycles. The predicted molar refractivity (Wildman–Crippen MR) is 80.0 cm³/mol. The SMILES string of the molecule is O=C(O)[C@@H](NC(=O)[C@@H]1C[C@@H](F)CN1C(=O)C1(C(F)(F)F)CC(F)(F)C1)C1CC1. The first-order valence-electron chi connectivity index (χ1n) is 8.70. The molecule has 0 unspecified atom stereocenters. The van der Waals surface area contributed by atoms with Crippen molar-refractivity contribution in [2.45, 2.75) is 62.5 Å². The van der Waals surface area contributed by atoms with Crippen LogP contribution in [-0.4, -0.2) is 64.7 Å². The molecule has 0 aromatic rings. The van der Waals surface area contributed by atoms with Crippen LogP contribution in [0.25, 0.3) is 0 Å². The number of halogens is 6. The van der Waals surface area contributed by atoms with Crippen LogP contribution in [0.15, 0.2) is 0 Å². The second kappa shape index (κ2) is 6.51. The Kier molecular flexibility index (Phi) is 4.82. The Morgan fingerprint density at radius 3 is 2.14 bits per heavy atom. The van der Waals surface area contributed by atoms with Crippen molar-refractivity contribution in [3.63, 3.8) is 0 Å². The Labute approximate surface area is 155 Å². The van der Waals surface area contributed by atoms with Crippen LogP contribution in [0.3, 0.4) is 0 Å². The molecule has 0 bridgehead atoms. The molecule has 6 nitrogen and oxygen atoms in total. The van der Waals surface area contributed by atoms with Crippen LogP contribution in [0.1, 0.15) is 32.1 Å². The van der Waals surface area contributed by atoms with Gasteiger partial charge in [0.15, 0.2) is 5.41 Å². The van der Waals surface area contributed by atoms with E-state index in [9.17, 15) is 40.7 Å². The van der Waals surface area contributed by atoms with E-state index < -0.39 is 79.4 Å². The summed E-state index contributed by atoms with van der Waals surface area (Å²) in [5, 5.41) is 11.3. The fourth-order valence-electron chi connectivity index (χ4n) is 3.90. The van der Waals surface area contributed by atoms with Crippen LogP contribution in [0.4, 0.5) is 26.3 Å². The molecule has 1 aliphatic heterocycles. The van der Waals surface area contributed by atoms with E-state index in [0.29, 0.717) is 17.7 Å². The van der Waals surface area contributed by atoms with Gasteiger partial charge in [-0.15, -0.1) is 0 Å². The summed E-state index contributed by atoms with van der Waals surface area (Å²) in [6.07, 6.45) is -10.2. The van der Waals surface area contributed by atoms with Crippen molar-refractivity contribution in [1.29, 1.82) is 0 Å². The number of amides is 2. The number of aliphatic carboxylic acids is 1. The Morgan fingerprint density at radius 2 is 1.71 bits per heavy atom. The number of carbonyl (C=O) groups is 3. The third-order valence-corrected chi connectivity index (χ3v) is 5.54. The van der Waals surface area contributed by atoms with Crippen LogP contribution >= 0.6 is 0 Å². The van der Waals surface area contributed by atoms with Crippen LogP contribution in [0.2, 0.25) is 0 Å². The van der Waals surface area contributed by atoms with Gasteiger partial charge in [-0.05, 0) is 18.8 Å². The fourth-order valence-corrected chi connectivity index (χ4v) is 3.90. The molecule has 0 radical (unpaired) electrons. The summed E-state index contributed by atoms with van der Waals surface area (Å²) in [6, 6.07) is -2.98. The molecule has 1 heterocycles. The van der Waals surface area contributed by atoms with Gasteiger partial charge in [-0.1, -0.05) is 0 Å². The molecule has 2 N–H and O–H groups in total. The molecular weight excluding hydrogens is 398 g/mol. The van der Waals surface area contributed by atoms with Crippen LogP contribution < -0.4 is 5.32 Å². The van der Waals surface area contributed by atoms with Gasteiger partial charge in [-0.25, -0.2) is 18.0 Å². The van der Waals surface area contributed by atoms with Gasteiger partial charge >= 0.3 is 12.1 Å². The first-order chi connectivity index (χ1) is 12.8. The van der Waals surface area contributed by atoms with Crippen molar-refractivity contribution in [1.82, 2.24) is 10.2 Å².